The van der Waals surface area contributed by atoms with Crippen molar-refractivity contribution >= 4 is 22.0 Å². The predicted molar refractivity (Wildman–Crippen MR) is 102 cm³/mol. The summed E-state index contributed by atoms with van der Waals surface area (Å²) < 4.78 is 12.5. The van der Waals surface area contributed by atoms with Gasteiger partial charge in [0.1, 0.15) is 18.5 Å². The molecule has 0 saturated carbocycles. The number of morpholine rings is 1. The summed E-state index contributed by atoms with van der Waals surface area (Å²) in [6.45, 7) is 3.93. The van der Waals surface area contributed by atoms with Crippen LogP contribution in [0, 0.1) is 0 Å². The van der Waals surface area contributed by atoms with E-state index < -0.39 is 0 Å². The fourth-order valence-electron chi connectivity index (χ4n) is 2.96. The van der Waals surface area contributed by atoms with Crippen molar-refractivity contribution in [2.75, 3.05) is 26.3 Å². The van der Waals surface area contributed by atoms with E-state index in [-0.39, 0.29) is 18.2 Å². The first-order valence-corrected chi connectivity index (χ1v) is 9.39. The van der Waals surface area contributed by atoms with E-state index in [9.17, 15) is 4.79 Å². The topological polar surface area (TPSA) is 63.7 Å². The molecular weight excluding hydrogens is 398 g/mol. The molecule has 1 aromatic heterocycles. The van der Waals surface area contributed by atoms with Crippen LogP contribution in [0.3, 0.4) is 0 Å². The first kappa shape index (κ1) is 18.7. The minimum absolute atomic E-state index is 0.0517. The van der Waals surface area contributed by atoms with Gasteiger partial charge < -0.3 is 19.7 Å². The van der Waals surface area contributed by atoms with Crippen LogP contribution in [-0.4, -0.2) is 48.3 Å². The number of carbonyl (C=O) groups excluding carboxylic acids is 1. The molecule has 2 heterocycles. The summed E-state index contributed by atoms with van der Waals surface area (Å²) in [4.78, 5) is 18.3. The molecule has 2 atom stereocenters. The monoisotopic (exact) mass is 419 g/mol. The smallest absolute Gasteiger partial charge is 0.317 e. The largest absolute Gasteiger partial charge is 0.490 e. The summed E-state index contributed by atoms with van der Waals surface area (Å²) >= 11 is 3.44. The summed E-state index contributed by atoms with van der Waals surface area (Å²) in [5, 5.41) is 2.91. The third-order valence-corrected chi connectivity index (χ3v) is 4.83. The van der Waals surface area contributed by atoms with E-state index in [1.807, 2.05) is 48.2 Å². The Kier molecular flexibility index (Phi) is 6.46. The summed E-state index contributed by atoms with van der Waals surface area (Å²) in [5.41, 5.74) is 1.07. The third-order valence-electron chi connectivity index (χ3n) is 4.30. The number of urea groups is 1. The van der Waals surface area contributed by atoms with E-state index >= 15 is 0 Å². The lowest BCUT2D eigenvalue weighted by molar-refractivity contribution is -0.0498. The van der Waals surface area contributed by atoms with Crippen molar-refractivity contribution in [3.63, 3.8) is 0 Å². The number of benzene rings is 1. The first-order valence-electron chi connectivity index (χ1n) is 8.59. The normalized spacial score (nSPS) is 19.8. The van der Waals surface area contributed by atoms with Gasteiger partial charge >= 0.3 is 6.03 Å². The Morgan fingerprint density at radius 3 is 2.92 bits per heavy atom. The van der Waals surface area contributed by atoms with Gasteiger partial charge in [-0.1, -0.05) is 28.1 Å². The number of ether oxygens (including phenoxy) is 2. The number of nitrogens with one attached hydrogen (secondary N) is 1. The molecule has 1 aliphatic heterocycles. The SMILES string of the molecule is C[C@@H]1[C@H](c2ccc(Br)cc2)OCCN1C(=O)NCCOc1cccnc1. The standard InChI is InChI=1S/C19H22BrN3O3/c1-14-18(15-4-6-16(20)7-5-15)26-12-10-23(14)19(24)22-9-11-25-17-3-2-8-21-13-17/h2-8,13-14,18H,9-12H2,1H3,(H,22,24)/t14-,18-/m1/s1. The summed E-state index contributed by atoms with van der Waals surface area (Å²) in [5.74, 6) is 0.691. The van der Waals surface area contributed by atoms with Crippen molar-refractivity contribution in [3.05, 3.63) is 58.8 Å². The van der Waals surface area contributed by atoms with Crippen LogP contribution in [0.4, 0.5) is 4.79 Å². The molecule has 1 fully saturated rings. The average molecular weight is 420 g/mol. The highest BCUT2D eigenvalue weighted by atomic mass is 79.9. The quantitative estimate of drug-likeness (QED) is 0.754. The molecule has 1 aliphatic rings. The molecule has 26 heavy (non-hydrogen) atoms. The van der Waals surface area contributed by atoms with Crippen LogP contribution in [-0.2, 0) is 4.74 Å². The highest BCUT2D eigenvalue weighted by Crippen LogP contribution is 2.29. The molecule has 1 saturated heterocycles. The van der Waals surface area contributed by atoms with E-state index in [0.717, 1.165) is 10.0 Å². The van der Waals surface area contributed by atoms with Gasteiger partial charge in [-0.15, -0.1) is 0 Å². The second kappa shape index (κ2) is 9.00. The number of halogens is 1. The molecule has 2 aromatic rings. The van der Waals surface area contributed by atoms with Crippen molar-refractivity contribution in [2.45, 2.75) is 19.1 Å². The number of pyridine rings is 1. The average Bonchev–Trinajstić information content (AvgIpc) is 2.67. The number of hydrogen-bond acceptors (Lipinski definition) is 4. The van der Waals surface area contributed by atoms with Crippen LogP contribution in [0.5, 0.6) is 5.75 Å². The molecule has 1 aromatic carbocycles. The van der Waals surface area contributed by atoms with E-state index in [1.165, 1.54) is 0 Å². The van der Waals surface area contributed by atoms with Gasteiger partial charge in [-0.05, 0) is 36.8 Å². The van der Waals surface area contributed by atoms with E-state index in [4.69, 9.17) is 9.47 Å². The minimum Gasteiger partial charge on any atom is -0.490 e. The van der Waals surface area contributed by atoms with E-state index in [0.29, 0.717) is 32.1 Å². The van der Waals surface area contributed by atoms with Crippen molar-refractivity contribution in [2.24, 2.45) is 0 Å². The number of carbonyl (C=O) groups is 1. The van der Waals surface area contributed by atoms with Crippen molar-refractivity contribution in [1.29, 1.82) is 0 Å². The molecule has 0 unspecified atom stereocenters. The molecule has 138 valence electrons. The second-order valence-electron chi connectivity index (χ2n) is 6.05. The predicted octanol–water partition coefficient (Wildman–Crippen LogP) is 3.39. The fourth-order valence-corrected chi connectivity index (χ4v) is 3.22. The molecule has 0 aliphatic carbocycles. The molecule has 3 rings (SSSR count). The van der Waals surface area contributed by atoms with Gasteiger partial charge in [0.05, 0.1) is 25.4 Å². The van der Waals surface area contributed by atoms with Crippen molar-refractivity contribution < 1.29 is 14.3 Å². The maximum Gasteiger partial charge on any atom is 0.317 e. The minimum atomic E-state index is -0.130. The van der Waals surface area contributed by atoms with Crippen LogP contribution >= 0.6 is 15.9 Å². The first-order chi connectivity index (χ1) is 12.6. The van der Waals surface area contributed by atoms with Crippen LogP contribution in [0.2, 0.25) is 0 Å². The van der Waals surface area contributed by atoms with Gasteiger partial charge in [0.15, 0.2) is 0 Å². The highest BCUT2D eigenvalue weighted by Gasteiger charge is 2.32. The Hall–Kier alpha value is -2.12. The third kappa shape index (κ3) is 4.74. The fraction of sp³-hybridized carbons (Fsp3) is 0.368. The lowest BCUT2D eigenvalue weighted by Crippen LogP contribution is -2.52. The zero-order valence-electron chi connectivity index (χ0n) is 14.6. The molecule has 7 heteroatoms. The Morgan fingerprint density at radius 2 is 2.19 bits per heavy atom. The number of amides is 2. The number of nitrogens with zero attached hydrogens (tertiary/aromatic N) is 2. The Bertz CT molecular complexity index is 712. The molecule has 2 amide bonds. The Morgan fingerprint density at radius 1 is 1.38 bits per heavy atom. The Labute approximate surface area is 161 Å². The zero-order chi connectivity index (χ0) is 18.4. The summed E-state index contributed by atoms with van der Waals surface area (Å²) in [7, 11) is 0. The summed E-state index contributed by atoms with van der Waals surface area (Å²) in [6.07, 6.45) is 3.21. The second-order valence-corrected chi connectivity index (χ2v) is 6.96. The number of rotatable bonds is 5. The lowest BCUT2D eigenvalue weighted by atomic mass is 10.0. The molecular formula is C19H22BrN3O3. The van der Waals surface area contributed by atoms with E-state index in [1.54, 1.807) is 12.4 Å². The molecule has 6 nitrogen and oxygen atoms in total. The number of aromatic nitrogens is 1. The van der Waals surface area contributed by atoms with Gasteiger partial charge in [-0.2, -0.15) is 0 Å². The van der Waals surface area contributed by atoms with Crippen molar-refractivity contribution in [3.8, 4) is 5.75 Å². The van der Waals surface area contributed by atoms with Crippen LogP contribution < -0.4 is 10.1 Å². The maximum absolute atomic E-state index is 12.5. The van der Waals surface area contributed by atoms with Gasteiger partial charge in [0, 0.05) is 17.2 Å². The summed E-state index contributed by atoms with van der Waals surface area (Å²) in [6, 6.07) is 11.5. The molecule has 0 radical (unpaired) electrons. The van der Waals surface area contributed by atoms with Gasteiger partial charge in [-0.25, -0.2) is 4.79 Å². The molecule has 0 spiro atoms. The van der Waals surface area contributed by atoms with Gasteiger partial charge in [0.2, 0.25) is 0 Å². The van der Waals surface area contributed by atoms with Crippen LogP contribution in [0.25, 0.3) is 0 Å². The van der Waals surface area contributed by atoms with Crippen LogP contribution in [0.1, 0.15) is 18.6 Å². The zero-order valence-corrected chi connectivity index (χ0v) is 16.2. The van der Waals surface area contributed by atoms with Gasteiger partial charge in [-0.3, -0.25) is 4.98 Å². The lowest BCUT2D eigenvalue weighted by Gasteiger charge is -2.39. The van der Waals surface area contributed by atoms with Crippen LogP contribution in [0.15, 0.2) is 53.3 Å². The molecule has 1 N–H and O–H groups in total. The Balaban J connectivity index is 1.51. The van der Waals surface area contributed by atoms with E-state index in [2.05, 4.69) is 26.2 Å². The van der Waals surface area contributed by atoms with Gasteiger partial charge in [0.25, 0.3) is 0 Å². The highest BCUT2D eigenvalue weighted by molar-refractivity contribution is 9.10. The number of hydrogen-bond donors (Lipinski definition) is 1. The molecule has 0 bridgehead atoms. The van der Waals surface area contributed by atoms with Crippen molar-refractivity contribution in [1.82, 2.24) is 15.2 Å². The maximum atomic E-state index is 12.5.